The van der Waals surface area contributed by atoms with Crippen molar-refractivity contribution in [3.8, 4) is 0 Å². The summed E-state index contributed by atoms with van der Waals surface area (Å²) in [6.45, 7) is 0. The van der Waals surface area contributed by atoms with Crippen molar-refractivity contribution in [2.45, 2.75) is 63.0 Å². The van der Waals surface area contributed by atoms with Gasteiger partial charge in [0.05, 0.1) is 0 Å². The molecule has 1 heterocycles. The van der Waals surface area contributed by atoms with Crippen LogP contribution in [0.15, 0.2) is 6.20 Å². The van der Waals surface area contributed by atoms with E-state index in [-0.39, 0.29) is 5.60 Å². The molecule has 0 aliphatic heterocycles. The minimum atomic E-state index is -0.226. The maximum atomic E-state index is 5.82. The first-order valence-electron chi connectivity index (χ1n) is 7.88. The fraction of sp³-hybridized carbons (Fsp3) is 0.750. The quantitative estimate of drug-likeness (QED) is 0.862. The standard InChI is InChI=1S/C16H25N3O/c1-17-13-7-3-4-8-14-12(13)11-18-15(19-14)16(20-2)9-5-6-10-16/h11,13,17H,3-10H2,1-2H3. The van der Waals surface area contributed by atoms with E-state index in [1.54, 1.807) is 7.11 Å². The number of ether oxygens (including phenoxy) is 1. The second-order valence-corrected chi connectivity index (χ2v) is 6.09. The van der Waals surface area contributed by atoms with Gasteiger partial charge in [0, 0.05) is 30.6 Å². The average Bonchev–Trinajstić information content (AvgIpc) is 2.89. The predicted octanol–water partition coefficient (Wildman–Crippen LogP) is 2.88. The number of hydrogen-bond donors (Lipinski definition) is 1. The lowest BCUT2D eigenvalue weighted by Crippen LogP contribution is -2.28. The molecule has 0 bridgehead atoms. The van der Waals surface area contributed by atoms with Crippen LogP contribution in [-0.4, -0.2) is 24.1 Å². The van der Waals surface area contributed by atoms with Crippen LogP contribution in [0.5, 0.6) is 0 Å². The summed E-state index contributed by atoms with van der Waals surface area (Å²) < 4.78 is 5.82. The van der Waals surface area contributed by atoms with Gasteiger partial charge in [-0.2, -0.15) is 0 Å². The molecule has 1 unspecified atom stereocenters. The van der Waals surface area contributed by atoms with Gasteiger partial charge in [-0.05, 0) is 52.0 Å². The summed E-state index contributed by atoms with van der Waals surface area (Å²) in [4.78, 5) is 9.60. The van der Waals surface area contributed by atoms with Gasteiger partial charge in [-0.25, -0.2) is 9.97 Å². The van der Waals surface area contributed by atoms with Crippen molar-refractivity contribution < 1.29 is 4.74 Å². The largest absolute Gasteiger partial charge is 0.370 e. The normalized spacial score (nSPS) is 25.2. The first-order valence-corrected chi connectivity index (χ1v) is 7.88. The van der Waals surface area contributed by atoms with E-state index in [0.29, 0.717) is 6.04 Å². The SMILES string of the molecule is CNC1CCCCc2nc(C3(OC)CCCC3)ncc21. The topological polar surface area (TPSA) is 47.0 Å². The highest BCUT2D eigenvalue weighted by molar-refractivity contribution is 5.25. The van der Waals surface area contributed by atoms with E-state index >= 15 is 0 Å². The lowest BCUT2D eigenvalue weighted by Gasteiger charge is -2.27. The number of fused-ring (bicyclic) bond motifs is 1. The highest BCUT2D eigenvalue weighted by atomic mass is 16.5. The molecule has 0 saturated heterocycles. The molecule has 1 atom stereocenters. The Bertz CT molecular complexity index is 469. The Morgan fingerprint density at radius 3 is 2.75 bits per heavy atom. The van der Waals surface area contributed by atoms with E-state index in [9.17, 15) is 0 Å². The molecule has 1 saturated carbocycles. The number of nitrogens with zero attached hydrogens (tertiary/aromatic N) is 2. The van der Waals surface area contributed by atoms with Gasteiger partial charge in [-0.15, -0.1) is 0 Å². The number of rotatable bonds is 3. The summed E-state index contributed by atoms with van der Waals surface area (Å²) in [5.41, 5.74) is 2.30. The molecule has 1 N–H and O–H groups in total. The fourth-order valence-corrected chi connectivity index (χ4v) is 3.70. The second kappa shape index (κ2) is 5.78. The maximum Gasteiger partial charge on any atom is 0.160 e. The van der Waals surface area contributed by atoms with Gasteiger partial charge < -0.3 is 10.1 Å². The van der Waals surface area contributed by atoms with Gasteiger partial charge in [0.2, 0.25) is 0 Å². The number of aromatic nitrogens is 2. The van der Waals surface area contributed by atoms with Crippen LogP contribution in [0.25, 0.3) is 0 Å². The molecule has 0 aromatic carbocycles. The molecule has 4 heteroatoms. The summed E-state index contributed by atoms with van der Waals surface area (Å²) in [5, 5.41) is 3.40. The average molecular weight is 275 g/mol. The fourth-order valence-electron chi connectivity index (χ4n) is 3.70. The van der Waals surface area contributed by atoms with Crippen LogP contribution in [0.1, 0.15) is 68.1 Å². The summed E-state index contributed by atoms with van der Waals surface area (Å²) in [5.74, 6) is 0.910. The van der Waals surface area contributed by atoms with Crippen molar-refractivity contribution in [3.63, 3.8) is 0 Å². The van der Waals surface area contributed by atoms with Crippen LogP contribution in [0, 0.1) is 0 Å². The van der Waals surface area contributed by atoms with Crippen LogP contribution in [0.4, 0.5) is 0 Å². The number of methoxy groups -OCH3 is 1. The molecule has 1 aromatic heterocycles. The van der Waals surface area contributed by atoms with Gasteiger partial charge in [0.15, 0.2) is 5.82 Å². The Morgan fingerprint density at radius 2 is 2.05 bits per heavy atom. The summed E-state index contributed by atoms with van der Waals surface area (Å²) in [6, 6.07) is 0.406. The minimum Gasteiger partial charge on any atom is -0.370 e. The Kier molecular flexibility index (Phi) is 4.03. The molecule has 2 aliphatic carbocycles. The van der Waals surface area contributed by atoms with Gasteiger partial charge in [0.1, 0.15) is 5.60 Å². The van der Waals surface area contributed by atoms with Crippen LogP contribution in [0.2, 0.25) is 0 Å². The highest BCUT2D eigenvalue weighted by Crippen LogP contribution is 2.40. The highest BCUT2D eigenvalue weighted by Gasteiger charge is 2.39. The molecule has 0 radical (unpaired) electrons. The zero-order valence-corrected chi connectivity index (χ0v) is 12.6. The number of hydrogen-bond acceptors (Lipinski definition) is 4. The summed E-state index contributed by atoms with van der Waals surface area (Å²) in [7, 11) is 3.83. The second-order valence-electron chi connectivity index (χ2n) is 6.09. The van der Waals surface area contributed by atoms with Crippen molar-refractivity contribution in [2.24, 2.45) is 0 Å². The first-order chi connectivity index (χ1) is 9.79. The van der Waals surface area contributed by atoms with Crippen LogP contribution in [0.3, 0.4) is 0 Å². The van der Waals surface area contributed by atoms with Gasteiger partial charge in [-0.3, -0.25) is 0 Å². The molecule has 1 aromatic rings. The van der Waals surface area contributed by atoms with Crippen LogP contribution >= 0.6 is 0 Å². The van der Waals surface area contributed by atoms with Crippen molar-refractivity contribution in [1.29, 1.82) is 0 Å². The third kappa shape index (κ3) is 2.35. The zero-order valence-electron chi connectivity index (χ0n) is 12.6. The van der Waals surface area contributed by atoms with E-state index in [4.69, 9.17) is 9.72 Å². The van der Waals surface area contributed by atoms with Crippen LogP contribution in [-0.2, 0) is 16.8 Å². The molecule has 4 nitrogen and oxygen atoms in total. The van der Waals surface area contributed by atoms with E-state index in [0.717, 1.165) is 25.1 Å². The molecule has 2 aliphatic rings. The maximum absolute atomic E-state index is 5.82. The third-order valence-corrected chi connectivity index (χ3v) is 4.99. The van der Waals surface area contributed by atoms with Gasteiger partial charge >= 0.3 is 0 Å². The molecular weight excluding hydrogens is 250 g/mol. The van der Waals surface area contributed by atoms with Crippen molar-refractivity contribution in [3.05, 3.63) is 23.3 Å². The minimum absolute atomic E-state index is 0.226. The van der Waals surface area contributed by atoms with Gasteiger partial charge in [0.25, 0.3) is 0 Å². The van der Waals surface area contributed by atoms with E-state index in [2.05, 4.69) is 10.3 Å². The Morgan fingerprint density at radius 1 is 1.25 bits per heavy atom. The first kappa shape index (κ1) is 14.0. The number of aryl methyl sites for hydroxylation is 1. The molecular formula is C16H25N3O. The molecule has 110 valence electrons. The molecule has 20 heavy (non-hydrogen) atoms. The molecule has 0 amide bonds. The van der Waals surface area contributed by atoms with Crippen LogP contribution < -0.4 is 5.32 Å². The monoisotopic (exact) mass is 275 g/mol. The smallest absolute Gasteiger partial charge is 0.160 e. The Labute approximate surface area is 121 Å². The number of nitrogens with one attached hydrogen (secondary N) is 1. The van der Waals surface area contributed by atoms with E-state index in [1.807, 2.05) is 13.2 Å². The van der Waals surface area contributed by atoms with Crippen molar-refractivity contribution in [1.82, 2.24) is 15.3 Å². The Balaban J connectivity index is 1.97. The lowest BCUT2D eigenvalue weighted by atomic mass is 9.99. The molecule has 1 fully saturated rings. The third-order valence-electron chi connectivity index (χ3n) is 4.99. The predicted molar refractivity (Wildman–Crippen MR) is 78.5 cm³/mol. The Hall–Kier alpha value is -1.00. The molecule has 3 rings (SSSR count). The van der Waals surface area contributed by atoms with Gasteiger partial charge in [-0.1, -0.05) is 6.42 Å². The lowest BCUT2D eigenvalue weighted by molar-refractivity contribution is -0.0165. The van der Waals surface area contributed by atoms with E-state index < -0.39 is 0 Å². The zero-order chi connectivity index (χ0) is 14.0. The molecule has 0 spiro atoms. The van der Waals surface area contributed by atoms with Crippen molar-refractivity contribution in [2.75, 3.05) is 14.2 Å². The summed E-state index contributed by atoms with van der Waals surface area (Å²) >= 11 is 0. The van der Waals surface area contributed by atoms with Crippen molar-refractivity contribution >= 4 is 0 Å². The van der Waals surface area contributed by atoms with E-state index in [1.165, 1.54) is 43.4 Å². The summed E-state index contributed by atoms with van der Waals surface area (Å²) in [6.07, 6.45) is 11.3.